The van der Waals surface area contributed by atoms with Gasteiger partial charge in [-0.25, -0.2) is 4.79 Å². The van der Waals surface area contributed by atoms with Crippen molar-refractivity contribution in [2.24, 2.45) is 0 Å². The van der Waals surface area contributed by atoms with Gasteiger partial charge in [-0.05, 0) is 41.8 Å². The second-order valence-corrected chi connectivity index (χ2v) is 4.98. The zero-order valence-electron chi connectivity index (χ0n) is 12.8. The Kier molecular flexibility index (Phi) is 5.55. The fourth-order valence-electron chi connectivity index (χ4n) is 2.09. The van der Waals surface area contributed by atoms with Crippen LogP contribution in [0.1, 0.15) is 23.7 Å². The standard InChI is InChI=1S/C18H20O4/c1-3-16(21-2)12-22-17-10-8-14(9-11-17)13-4-6-15(7-5-13)18(19)20/h4-11,16H,3,12H2,1-2H3,(H,19,20)/t16-/m0/s1. The first-order valence-electron chi connectivity index (χ1n) is 7.23. The number of carbonyl (C=O) groups is 1. The SMILES string of the molecule is CC[C@@H](COc1ccc(-c2ccc(C(=O)O)cc2)cc1)OC. The maximum absolute atomic E-state index is 10.8. The lowest BCUT2D eigenvalue weighted by molar-refractivity contribution is 0.0556. The van der Waals surface area contributed by atoms with Crippen molar-refractivity contribution in [3.05, 3.63) is 54.1 Å². The molecule has 0 aromatic heterocycles. The predicted molar refractivity (Wildman–Crippen MR) is 85.4 cm³/mol. The van der Waals surface area contributed by atoms with Crippen LogP contribution in [0.4, 0.5) is 0 Å². The summed E-state index contributed by atoms with van der Waals surface area (Å²) in [5.74, 6) is -0.125. The van der Waals surface area contributed by atoms with Crippen molar-refractivity contribution in [1.29, 1.82) is 0 Å². The molecule has 0 saturated heterocycles. The Morgan fingerprint density at radius 3 is 2.05 bits per heavy atom. The molecule has 22 heavy (non-hydrogen) atoms. The third-order valence-corrected chi connectivity index (χ3v) is 3.54. The van der Waals surface area contributed by atoms with E-state index in [1.54, 1.807) is 31.4 Å². The number of ether oxygens (including phenoxy) is 2. The smallest absolute Gasteiger partial charge is 0.335 e. The van der Waals surface area contributed by atoms with Crippen molar-refractivity contribution in [1.82, 2.24) is 0 Å². The Bertz CT molecular complexity index is 598. The van der Waals surface area contributed by atoms with Crippen molar-refractivity contribution in [2.45, 2.75) is 19.4 Å². The molecule has 0 fully saturated rings. The van der Waals surface area contributed by atoms with E-state index in [1.807, 2.05) is 24.3 Å². The Morgan fingerprint density at radius 1 is 1.05 bits per heavy atom. The summed E-state index contributed by atoms with van der Waals surface area (Å²) in [6.07, 6.45) is 1.01. The third kappa shape index (κ3) is 4.09. The maximum Gasteiger partial charge on any atom is 0.335 e. The largest absolute Gasteiger partial charge is 0.491 e. The quantitative estimate of drug-likeness (QED) is 0.843. The Balaban J connectivity index is 2.03. The first kappa shape index (κ1) is 16.0. The van der Waals surface area contributed by atoms with Crippen LogP contribution < -0.4 is 4.74 Å². The van der Waals surface area contributed by atoms with Crippen molar-refractivity contribution < 1.29 is 19.4 Å². The van der Waals surface area contributed by atoms with E-state index in [1.165, 1.54) is 0 Å². The summed E-state index contributed by atoms with van der Waals surface area (Å²) in [7, 11) is 1.68. The van der Waals surface area contributed by atoms with Crippen LogP contribution in [-0.2, 0) is 4.74 Å². The van der Waals surface area contributed by atoms with Crippen molar-refractivity contribution in [3.8, 4) is 16.9 Å². The average Bonchev–Trinajstić information content (AvgIpc) is 2.56. The van der Waals surface area contributed by atoms with E-state index in [0.717, 1.165) is 23.3 Å². The molecular formula is C18H20O4. The number of benzene rings is 2. The molecule has 0 amide bonds. The summed E-state index contributed by atoms with van der Waals surface area (Å²) in [5.41, 5.74) is 2.27. The number of carboxylic acid groups (broad SMARTS) is 1. The minimum atomic E-state index is -0.918. The van der Waals surface area contributed by atoms with E-state index in [9.17, 15) is 4.79 Å². The normalized spacial score (nSPS) is 11.9. The van der Waals surface area contributed by atoms with Crippen LogP contribution in [-0.4, -0.2) is 30.9 Å². The molecule has 0 aliphatic rings. The summed E-state index contributed by atoms with van der Waals surface area (Å²) >= 11 is 0. The molecule has 0 aliphatic carbocycles. The molecule has 0 heterocycles. The molecule has 4 heteroatoms. The Morgan fingerprint density at radius 2 is 1.59 bits per heavy atom. The first-order chi connectivity index (χ1) is 10.6. The molecule has 0 bridgehead atoms. The van der Waals surface area contributed by atoms with Crippen LogP contribution in [0, 0.1) is 0 Å². The van der Waals surface area contributed by atoms with Crippen molar-refractivity contribution in [3.63, 3.8) is 0 Å². The lowest BCUT2D eigenvalue weighted by Crippen LogP contribution is -2.18. The van der Waals surface area contributed by atoms with Gasteiger partial charge < -0.3 is 14.6 Å². The van der Waals surface area contributed by atoms with Gasteiger partial charge in [0.2, 0.25) is 0 Å². The highest BCUT2D eigenvalue weighted by molar-refractivity contribution is 5.88. The maximum atomic E-state index is 10.8. The number of aromatic carboxylic acids is 1. The zero-order chi connectivity index (χ0) is 15.9. The van der Waals surface area contributed by atoms with E-state index in [4.69, 9.17) is 14.6 Å². The summed E-state index contributed by atoms with van der Waals surface area (Å²) in [5, 5.41) is 8.90. The molecule has 0 aliphatic heterocycles. The lowest BCUT2D eigenvalue weighted by atomic mass is 10.0. The third-order valence-electron chi connectivity index (χ3n) is 3.54. The fraction of sp³-hybridized carbons (Fsp3) is 0.278. The molecule has 1 N–H and O–H groups in total. The van der Waals surface area contributed by atoms with Gasteiger partial charge in [0.05, 0.1) is 11.7 Å². The number of hydrogen-bond acceptors (Lipinski definition) is 3. The fourth-order valence-corrected chi connectivity index (χ4v) is 2.09. The molecule has 2 aromatic carbocycles. The molecule has 116 valence electrons. The molecule has 0 spiro atoms. The van der Waals surface area contributed by atoms with Crippen molar-refractivity contribution in [2.75, 3.05) is 13.7 Å². The van der Waals surface area contributed by atoms with Crippen LogP contribution in [0.3, 0.4) is 0 Å². The van der Waals surface area contributed by atoms with Gasteiger partial charge in [-0.3, -0.25) is 0 Å². The minimum absolute atomic E-state index is 0.100. The Labute approximate surface area is 130 Å². The minimum Gasteiger partial charge on any atom is -0.491 e. The molecule has 1 atom stereocenters. The Hall–Kier alpha value is -2.33. The van der Waals surface area contributed by atoms with Crippen LogP contribution in [0.25, 0.3) is 11.1 Å². The van der Waals surface area contributed by atoms with E-state index >= 15 is 0 Å². The van der Waals surface area contributed by atoms with Gasteiger partial charge in [0.25, 0.3) is 0 Å². The second kappa shape index (κ2) is 7.61. The number of methoxy groups -OCH3 is 1. The summed E-state index contributed by atoms with van der Waals surface area (Å²) < 4.78 is 11.0. The van der Waals surface area contributed by atoms with Gasteiger partial charge in [-0.15, -0.1) is 0 Å². The lowest BCUT2D eigenvalue weighted by Gasteiger charge is -2.14. The highest BCUT2D eigenvalue weighted by Gasteiger charge is 2.06. The van der Waals surface area contributed by atoms with Crippen LogP contribution in [0.2, 0.25) is 0 Å². The van der Waals surface area contributed by atoms with Gasteiger partial charge in [0, 0.05) is 7.11 Å². The van der Waals surface area contributed by atoms with E-state index in [2.05, 4.69) is 6.92 Å². The van der Waals surface area contributed by atoms with Crippen LogP contribution in [0.15, 0.2) is 48.5 Å². The second-order valence-electron chi connectivity index (χ2n) is 4.98. The topological polar surface area (TPSA) is 55.8 Å². The van der Waals surface area contributed by atoms with Gasteiger partial charge in [0.1, 0.15) is 12.4 Å². The zero-order valence-corrected chi connectivity index (χ0v) is 12.8. The van der Waals surface area contributed by atoms with Crippen molar-refractivity contribution >= 4 is 5.97 Å². The van der Waals surface area contributed by atoms with E-state index in [0.29, 0.717) is 6.61 Å². The van der Waals surface area contributed by atoms with Gasteiger partial charge in [-0.2, -0.15) is 0 Å². The molecule has 2 rings (SSSR count). The van der Waals surface area contributed by atoms with Crippen LogP contribution in [0.5, 0.6) is 5.75 Å². The molecule has 0 saturated carbocycles. The van der Waals surface area contributed by atoms with Gasteiger partial charge in [-0.1, -0.05) is 31.2 Å². The number of hydrogen-bond donors (Lipinski definition) is 1. The molecule has 0 unspecified atom stereocenters. The molecule has 4 nitrogen and oxygen atoms in total. The molecule has 0 radical (unpaired) electrons. The van der Waals surface area contributed by atoms with E-state index < -0.39 is 5.97 Å². The number of carboxylic acids is 1. The number of rotatable bonds is 7. The van der Waals surface area contributed by atoms with Gasteiger partial charge >= 0.3 is 5.97 Å². The summed E-state index contributed by atoms with van der Waals surface area (Å²) in [6.45, 7) is 2.58. The molecule has 2 aromatic rings. The highest BCUT2D eigenvalue weighted by atomic mass is 16.5. The van der Waals surface area contributed by atoms with E-state index in [-0.39, 0.29) is 11.7 Å². The summed E-state index contributed by atoms with van der Waals surface area (Å²) in [6, 6.07) is 14.5. The molecular weight excluding hydrogens is 280 g/mol. The first-order valence-corrected chi connectivity index (χ1v) is 7.23. The predicted octanol–water partition coefficient (Wildman–Crippen LogP) is 3.86. The monoisotopic (exact) mass is 300 g/mol. The average molecular weight is 300 g/mol. The summed E-state index contributed by atoms with van der Waals surface area (Å²) in [4.78, 5) is 10.8. The van der Waals surface area contributed by atoms with Gasteiger partial charge in [0.15, 0.2) is 0 Å². The highest BCUT2D eigenvalue weighted by Crippen LogP contribution is 2.23. The van der Waals surface area contributed by atoms with Crippen LogP contribution >= 0.6 is 0 Å².